The molecule has 2 aliphatic carbocycles. The molecule has 5 rings (SSSR count). The lowest BCUT2D eigenvalue weighted by molar-refractivity contribution is -0.137. The number of halogens is 3. The van der Waals surface area contributed by atoms with E-state index in [-0.39, 0.29) is 11.5 Å². The van der Waals surface area contributed by atoms with Crippen LogP contribution in [0.3, 0.4) is 0 Å². The maximum atomic E-state index is 12.5. The Morgan fingerprint density at radius 1 is 0.949 bits per heavy atom. The summed E-state index contributed by atoms with van der Waals surface area (Å²) in [5.41, 5.74) is 2.42. The second-order valence-electron chi connectivity index (χ2n) is 9.88. The molecule has 0 radical (unpaired) electrons. The van der Waals surface area contributed by atoms with Crippen LogP contribution in [0, 0.1) is 18.3 Å². The third-order valence-electron chi connectivity index (χ3n) is 7.51. The van der Waals surface area contributed by atoms with Crippen LogP contribution in [0.15, 0.2) is 48.5 Å². The molecule has 1 amide bonds. The average Bonchev–Trinajstić information content (AvgIpc) is 3.90. The summed E-state index contributed by atoms with van der Waals surface area (Å²) in [5, 5.41) is 2.82. The highest BCUT2D eigenvalue weighted by Gasteiger charge is 2.44. The molecule has 1 heterocycles. The Morgan fingerprint density at radius 3 is 1.90 bits per heavy atom. The van der Waals surface area contributed by atoms with Crippen LogP contribution in [-0.4, -0.2) is 37.5 Å². The summed E-state index contributed by atoms with van der Waals surface area (Å²) >= 11 is 0. The van der Waals surface area contributed by atoms with Gasteiger partial charge in [-0.1, -0.05) is 38.1 Å². The fraction of sp³-hybridized carbons (Fsp3) is 0.484. The number of alkyl halides is 3. The zero-order valence-electron chi connectivity index (χ0n) is 23.0. The molecule has 8 heteroatoms. The molecule has 0 bridgehead atoms. The third-order valence-corrected chi connectivity index (χ3v) is 7.51. The molecule has 3 fully saturated rings. The molecule has 0 atom stereocenters. The SMILES string of the molecule is C#C.CC.COC(=O)c1ccc(C2(NC=O)CC2)cc1.FC(F)(F)c1ccc(CN2CCC3(CC2)CC3)cc1. The van der Waals surface area contributed by atoms with Crippen LogP contribution in [0.1, 0.15) is 79.4 Å². The summed E-state index contributed by atoms with van der Waals surface area (Å²) in [6.07, 6.45) is 11.7. The van der Waals surface area contributed by atoms with E-state index in [1.54, 1.807) is 24.3 Å². The minimum Gasteiger partial charge on any atom is -0.465 e. The number of methoxy groups -OCH3 is 1. The summed E-state index contributed by atoms with van der Waals surface area (Å²) in [6.45, 7) is 6.94. The van der Waals surface area contributed by atoms with Gasteiger partial charge in [0, 0.05) is 6.54 Å². The van der Waals surface area contributed by atoms with Crippen molar-refractivity contribution in [2.45, 2.75) is 70.6 Å². The van der Waals surface area contributed by atoms with Crippen LogP contribution in [0.25, 0.3) is 0 Å². The predicted octanol–water partition coefficient (Wildman–Crippen LogP) is 6.57. The first-order valence-corrected chi connectivity index (χ1v) is 13.3. The number of hydrogen-bond donors (Lipinski definition) is 1. The topological polar surface area (TPSA) is 58.6 Å². The number of ether oxygens (including phenoxy) is 1. The van der Waals surface area contributed by atoms with Crippen molar-refractivity contribution in [3.8, 4) is 12.8 Å². The lowest BCUT2D eigenvalue weighted by Gasteiger charge is -2.32. The molecular weight excluding hydrogens is 505 g/mol. The molecule has 1 spiro atoms. The van der Waals surface area contributed by atoms with E-state index in [1.807, 2.05) is 26.0 Å². The molecular formula is C31H39F3N2O3. The van der Waals surface area contributed by atoms with E-state index >= 15 is 0 Å². The van der Waals surface area contributed by atoms with Crippen molar-refractivity contribution in [1.29, 1.82) is 0 Å². The van der Waals surface area contributed by atoms with Gasteiger partial charge in [0.25, 0.3) is 0 Å². The summed E-state index contributed by atoms with van der Waals surface area (Å²) < 4.78 is 42.0. The largest absolute Gasteiger partial charge is 0.465 e. The fourth-order valence-electron chi connectivity index (χ4n) is 4.72. The quantitative estimate of drug-likeness (QED) is 0.254. The van der Waals surface area contributed by atoms with Gasteiger partial charge in [0.05, 0.1) is 23.8 Å². The van der Waals surface area contributed by atoms with E-state index in [2.05, 4.69) is 27.8 Å². The number of likely N-dealkylation sites (tertiary alicyclic amines) is 1. The van der Waals surface area contributed by atoms with Gasteiger partial charge in [0.2, 0.25) is 6.41 Å². The molecule has 3 aliphatic rings. The predicted molar refractivity (Wildman–Crippen MR) is 147 cm³/mol. The Balaban J connectivity index is 0.000000246. The molecule has 39 heavy (non-hydrogen) atoms. The van der Waals surface area contributed by atoms with Gasteiger partial charge in [-0.2, -0.15) is 13.2 Å². The van der Waals surface area contributed by atoms with Crippen LogP contribution >= 0.6 is 0 Å². The average molecular weight is 545 g/mol. The van der Waals surface area contributed by atoms with Crippen LogP contribution in [0.4, 0.5) is 13.2 Å². The molecule has 1 aliphatic heterocycles. The van der Waals surface area contributed by atoms with E-state index in [0.29, 0.717) is 11.0 Å². The minimum atomic E-state index is -4.23. The van der Waals surface area contributed by atoms with Crippen molar-refractivity contribution in [2.75, 3.05) is 20.2 Å². The van der Waals surface area contributed by atoms with E-state index in [0.717, 1.165) is 50.0 Å². The molecule has 2 saturated carbocycles. The summed E-state index contributed by atoms with van der Waals surface area (Å²) in [6, 6.07) is 12.7. The van der Waals surface area contributed by atoms with E-state index in [1.165, 1.54) is 44.9 Å². The fourth-order valence-corrected chi connectivity index (χ4v) is 4.72. The number of amides is 1. The minimum absolute atomic E-state index is 0.198. The number of carbonyl (C=O) groups is 2. The number of piperidine rings is 1. The number of hydrogen-bond acceptors (Lipinski definition) is 4. The normalized spacial score (nSPS) is 17.9. The van der Waals surface area contributed by atoms with Crippen LogP contribution in [-0.2, 0) is 27.8 Å². The van der Waals surface area contributed by atoms with Crippen LogP contribution < -0.4 is 5.32 Å². The molecule has 0 unspecified atom stereocenters. The molecule has 5 nitrogen and oxygen atoms in total. The van der Waals surface area contributed by atoms with Gasteiger partial charge in [-0.05, 0) is 92.4 Å². The van der Waals surface area contributed by atoms with E-state index in [4.69, 9.17) is 0 Å². The van der Waals surface area contributed by atoms with Gasteiger partial charge in [-0.25, -0.2) is 4.79 Å². The highest BCUT2D eigenvalue weighted by Crippen LogP contribution is 2.53. The Kier molecular flexibility index (Phi) is 11.6. The second kappa shape index (κ2) is 14.2. The third kappa shape index (κ3) is 8.86. The van der Waals surface area contributed by atoms with E-state index < -0.39 is 11.7 Å². The molecule has 2 aromatic carbocycles. The smallest absolute Gasteiger partial charge is 0.416 e. The zero-order valence-corrected chi connectivity index (χ0v) is 23.0. The lowest BCUT2D eigenvalue weighted by atomic mass is 9.93. The monoisotopic (exact) mass is 544 g/mol. The first-order valence-electron chi connectivity index (χ1n) is 13.3. The maximum absolute atomic E-state index is 12.5. The first-order chi connectivity index (χ1) is 18.7. The molecule has 1 N–H and O–H groups in total. The number of esters is 1. The van der Waals surface area contributed by atoms with Crippen molar-refractivity contribution in [1.82, 2.24) is 10.2 Å². The van der Waals surface area contributed by atoms with Crippen molar-refractivity contribution >= 4 is 12.4 Å². The summed E-state index contributed by atoms with van der Waals surface area (Å²) in [4.78, 5) is 24.0. The second-order valence-corrected chi connectivity index (χ2v) is 9.88. The van der Waals surface area contributed by atoms with Crippen molar-refractivity contribution < 1.29 is 27.5 Å². The van der Waals surface area contributed by atoms with Gasteiger partial charge < -0.3 is 10.1 Å². The Labute approximate surface area is 230 Å². The highest BCUT2D eigenvalue weighted by atomic mass is 19.4. The lowest BCUT2D eigenvalue weighted by Crippen LogP contribution is -2.33. The summed E-state index contributed by atoms with van der Waals surface area (Å²) in [5.74, 6) is -0.347. The number of rotatable bonds is 6. The zero-order chi connectivity index (χ0) is 29.1. The number of benzene rings is 2. The van der Waals surface area contributed by atoms with E-state index in [9.17, 15) is 22.8 Å². The highest BCUT2D eigenvalue weighted by molar-refractivity contribution is 5.89. The molecule has 0 aromatic heterocycles. The Bertz CT molecular complexity index is 1060. The number of nitrogens with one attached hydrogen (secondary N) is 1. The van der Waals surface area contributed by atoms with Gasteiger partial charge in [0.1, 0.15) is 0 Å². The number of carbonyl (C=O) groups excluding carboxylic acids is 2. The Hall–Kier alpha value is -3.31. The molecule has 2 aromatic rings. The molecule has 212 valence electrons. The van der Waals surface area contributed by atoms with Crippen LogP contribution in [0.2, 0.25) is 0 Å². The first kappa shape index (κ1) is 31.9. The van der Waals surface area contributed by atoms with Crippen LogP contribution in [0.5, 0.6) is 0 Å². The van der Waals surface area contributed by atoms with Crippen molar-refractivity contribution in [3.63, 3.8) is 0 Å². The van der Waals surface area contributed by atoms with Gasteiger partial charge in [0.15, 0.2) is 0 Å². The van der Waals surface area contributed by atoms with Gasteiger partial charge >= 0.3 is 12.1 Å². The number of terminal acetylenes is 1. The maximum Gasteiger partial charge on any atom is 0.416 e. The van der Waals surface area contributed by atoms with Gasteiger partial charge in [-0.15, -0.1) is 12.8 Å². The van der Waals surface area contributed by atoms with Gasteiger partial charge in [-0.3, -0.25) is 9.69 Å². The van der Waals surface area contributed by atoms with Crippen molar-refractivity contribution in [2.24, 2.45) is 5.41 Å². The molecule has 1 saturated heterocycles. The Morgan fingerprint density at radius 2 is 1.49 bits per heavy atom. The number of nitrogens with zero attached hydrogens (tertiary/aromatic N) is 1. The van der Waals surface area contributed by atoms with Crippen molar-refractivity contribution in [3.05, 3.63) is 70.8 Å². The summed E-state index contributed by atoms with van der Waals surface area (Å²) in [7, 11) is 1.35. The standard InChI is InChI=1S/C15H18F3N.C12H13NO3.C2H6.C2H2/c16-15(17,18)13-3-1-12(2-4-13)11-19-9-7-14(5-6-14)8-10-19;1-16-11(15)9-2-4-10(5-3-9)12(6-7-12)13-8-14;2*1-2/h1-4H,5-11H2;2-5,8H,6-7H2,1H3,(H,13,14);1-2H3;1-2H.